The Morgan fingerprint density at radius 3 is 2.95 bits per heavy atom. The van der Waals surface area contributed by atoms with Gasteiger partial charge in [-0.05, 0) is 24.6 Å². The number of nitrogens with one attached hydrogen (secondary N) is 1. The summed E-state index contributed by atoms with van der Waals surface area (Å²) in [6.07, 6.45) is 0. The average molecular weight is 279 g/mol. The summed E-state index contributed by atoms with van der Waals surface area (Å²) in [4.78, 5) is 0. The van der Waals surface area contributed by atoms with Crippen molar-refractivity contribution >= 4 is 16.5 Å². The van der Waals surface area contributed by atoms with Crippen LogP contribution in [0, 0.1) is 6.92 Å². The highest BCUT2D eigenvalue weighted by molar-refractivity contribution is 7.15. The Labute approximate surface area is 116 Å². The maximum atomic E-state index is 5.59. The maximum Gasteiger partial charge on any atom is 0.205 e. The van der Waals surface area contributed by atoms with Crippen LogP contribution in [0.15, 0.2) is 24.3 Å². The van der Waals surface area contributed by atoms with Crippen LogP contribution in [0.4, 0.5) is 5.13 Å². The third-order valence-electron chi connectivity index (χ3n) is 2.45. The van der Waals surface area contributed by atoms with Gasteiger partial charge >= 0.3 is 0 Å². The Morgan fingerprint density at radius 2 is 2.21 bits per heavy atom. The number of rotatable bonds is 7. The molecule has 1 aromatic carbocycles. The van der Waals surface area contributed by atoms with E-state index in [1.165, 1.54) is 0 Å². The lowest BCUT2D eigenvalue weighted by molar-refractivity contribution is 0.130. The Balaban J connectivity index is 1.66. The van der Waals surface area contributed by atoms with Gasteiger partial charge < -0.3 is 14.8 Å². The molecule has 0 aliphatic carbocycles. The fourth-order valence-electron chi connectivity index (χ4n) is 1.55. The zero-order valence-electron chi connectivity index (χ0n) is 11.0. The minimum atomic E-state index is 0.577. The number of aryl methyl sites for hydroxylation is 1. The molecule has 2 aromatic rings. The molecule has 0 saturated carbocycles. The van der Waals surface area contributed by atoms with Crippen LogP contribution in [-0.2, 0) is 11.3 Å². The summed E-state index contributed by atoms with van der Waals surface area (Å²) >= 11 is 1.54. The molecule has 0 atom stereocenters. The highest BCUT2D eigenvalue weighted by Gasteiger charge is 1.99. The first-order chi connectivity index (χ1) is 9.28. The molecule has 1 N–H and O–H groups in total. The van der Waals surface area contributed by atoms with Gasteiger partial charge in [0.15, 0.2) is 0 Å². The van der Waals surface area contributed by atoms with Gasteiger partial charge in [-0.1, -0.05) is 23.5 Å². The van der Waals surface area contributed by atoms with Crippen LogP contribution in [-0.4, -0.2) is 30.5 Å². The molecule has 0 radical (unpaired) electrons. The fraction of sp³-hybridized carbons (Fsp3) is 0.385. The van der Waals surface area contributed by atoms with Crippen molar-refractivity contribution in [2.45, 2.75) is 13.5 Å². The normalized spacial score (nSPS) is 10.4. The summed E-state index contributed by atoms with van der Waals surface area (Å²) in [7, 11) is 1.66. The van der Waals surface area contributed by atoms with E-state index in [2.05, 4.69) is 15.5 Å². The number of ether oxygens (including phenoxy) is 2. The molecule has 0 aliphatic rings. The lowest BCUT2D eigenvalue weighted by atomic mass is 10.2. The smallest absolute Gasteiger partial charge is 0.205 e. The fourth-order valence-corrected chi connectivity index (χ4v) is 2.17. The molecule has 0 amide bonds. The maximum absolute atomic E-state index is 5.59. The lowest BCUT2D eigenvalue weighted by Crippen LogP contribution is -2.09. The molecule has 0 spiro atoms. The van der Waals surface area contributed by atoms with Gasteiger partial charge in [0.05, 0.1) is 20.3 Å². The van der Waals surface area contributed by atoms with Crippen molar-refractivity contribution in [3.8, 4) is 5.75 Å². The number of nitrogens with zero attached hydrogens (tertiary/aromatic N) is 2. The zero-order chi connectivity index (χ0) is 13.5. The Morgan fingerprint density at radius 1 is 1.32 bits per heavy atom. The van der Waals surface area contributed by atoms with Crippen LogP contribution in [0.1, 0.15) is 10.6 Å². The monoisotopic (exact) mass is 279 g/mol. The van der Waals surface area contributed by atoms with Crippen molar-refractivity contribution in [1.82, 2.24) is 10.2 Å². The highest BCUT2D eigenvalue weighted by Crippen LogP contribution is 2.14. The zero-order valence-corrected chi connectivity index (χ0v) is 11.9. The first-order valence-electron chi connectivity index (χ1n) is 6.02. The second-order valence-corrected chi connectivity index (χ2v) is 5.14. The molecule has 2 rings (SSSR count). The number of hydrogen-bond acceptors (Lipinski definition) is 6. The SMILES string of the molecule is COc1cccc(COCCNc2nnc(C)s2)c1. The molecule has 6 heteroatoms. The predicted molar refractivity (Wildman–Crippen MR) is 75.8 cm³/mol. The number of anilines is 1. The average Bonchev–Trinajstić information content (AvgIpc) is 2.84. The lowest BCUT2D eigenvalue weighted by Gasteiger charge is -2.06. The third-order valence-corrected chi connectivity index (χ3v) is 3.25. The molecule has 19 heavy (non-hydrogen) atoms. The van der Waals surface area contributed by atoms with Gasteiger partial charge in [-0.15, -0.1) is 10.2 Å². The molecule has 102 valence electrons. The van der Waals surface area contributed by atoms with E-state index in [1.807, 2.05) is 31.2 Å². The van der Waals surface area contributed by atoms with E-state index in [-0.39, 0.29) is 0 Å². The summed E-state index contributed by atoms with van der Waals surface area (Å²) in [6.45, 7) is 3.85. The number of methoxy groups -OCH3 is 1. The predicted octanol–water partition coefficient (Wildman–Crippen LogP) is 2.48. The van der Waals surface area contributed by atoms with Crippen molar-refractivity contribution < 1.29 is 9.47 Å². The van der Waals surface area contributed by atoms with E-state index < -0.39 is 0 Å². The molecular weight excluding hydrogens is 262 g/mol. The Bertz CT molecular complexity index is 516. The van der Waals surface area contributed by atoms with Gasteiger partial charge in [-0.2, -0.15) is 0 Å². The van der Waals surface area contributed by atoms with Gasteiger partial charge in [0, 0.05) is 6.54 Å². The summed E-state index contributed by atoms with van der Waals surface area (Å²) in [6, 6.07) is 7.87. The molecule has 0 saturated heterocycles. The number of benzene rings is 1. The molecule has 0 unspecified atom stereocenters. The van der Waals surface area contributed by atoms with Crippen molar-refractivity contribution in [2.24, 2.45) is 0 Å². The number of hydrogen-bond donors (Lipinski definition) is 1. The molecule has 0 aliphatic heterocycles. The molecule has 1 heterocycles. The molecular formula is C13H17N3O2S. The summed E-state index contributed by atoms with van der Waals surface area (Å²) < 4.78 is 10.7. The third kappa shape index (κ3) is 4.50. The largest absolute Gasteiger partial charge is 0.497 e. The topological polar surface area (TPSA) is 56.3 Å². The van der Waals surface area contributed by atoms with Crippen LogP contribution >= 0.6 is 11.3 Å². The van der Waals surface area contributed by atoms with Crippen molar-refractivity contribution in [3.05, 3.63) is 34.8 Å². The second-order valence-electron chi connectivity index (χ2n) is 3.96. The second kappa shape index (κ2) is 7.06. The van der Waals surface area contributed by atoms with Crippen molar-refractivity contribution in [2.75, 3.05) is 25.6 Å². The van der Waals surface area contributed by atoms with Crippen LogP contribution in [0.3, 0.4) is 0 Å². The van der Waals surface area contributed by atoms with E-state index >= 15 is 0 Å². The minimum absolute atomic E-state index is 0.577. The standard InChI is InChI=1S/C13H17N3O2S/c1-10-15-16-13(19-10)14-6-7-18-9-11-4-3-5-12(8-11)17-2/h3-5,8H,6-7,9H2,1-2H3,(H,14,16). The first-order valence-corrected chi connectivity index (χ1v) is 6.84. The quantitative estimate of drug-likeness (QED) is 0.789. The summed E-state index contributed by atoms with van der Waals surface area (Å²) in [5.41, 5.74) is 1.10. The molecule has 0 bridgehead atoms. The van der Waals surface area contributed by atoms with Gasteiger partial charge in [0.2, 0.25) is 5.13 Å². The van der Waals surface area contributed by atoms with Gasteiger partial charge in [-0.3, -0.25) is 0 Å². The van der Waals surface area contributed by atoms with Crippen LogP contribution < -0.4 is 10.1 Å². The van der Waals surface area contributed by atoms with Crippen molar-refractivity contribution in [3.63, 3.8) is 0 Å². The van der Waals surface area contributed by atoms with E-state index in [1.54, 1.807) is 18.4 Å². The molecule has 1 aromatic heterocycles. The summed E-state index contributed by atoms with van der Waals surface area (Å²) in [5, 5.41) is 12.9. The van der Waals surface area contributed by atoms with Gasteiger partial charge in [-0.25, -0.2) is 0 Å². The van der Waals surface area contributed by atoms with Crippen molar-refractivity contribution in [1.29, 1.82) is 0 Å². The van der Waals surface area contributed by atoms with Crippen LogP contribution in [0.25, 0.3) is 0 Å². The summed E-state index contributed by atoms with van der Waals surface area (Å²) in [5.74, 6) is 0.851. The Hall–Kier alpha value is -1.66. The van der Waals surface area contributed by atoms with Gasteiger partial charge in [0.1, 0.15) is 10.8 Å². The highest BCUT2D eigenvalue weighted by atomic mass is 32.1. The van der Waals surface area contributed by atoms with Crippen LogP contribution in [0.5, 0.6) is 5.75 Å². The first kappa shape index (κ1) is 13.8. The molecule has 0 fully saturated rings. The Kier molecular flexibility index (Phi) is 5.11. The minimum Gasteiger partial charge on any atom is -0.497 e. The van der Waals surface area contributed by atoms with Gasteiger partial charge in [0.25, 0.3) is 0 Å². The molecule has 5 nitrogen and oxygen atoms in total. The van der Waals surface area contributed by atoms with E-state index in [0.29, 0.717) is 13.2 Å². The number of aromatic nitrogens is 2. The van der Waals surface area contributed by atoms with E-state index in [0.717, 1.165) is 28.0 Å². The van der Waals surface area contributed by atoms with E-state index in [4.69, 9.17) is 9.47 Å². The van der Waals surface area contributed by atoms with Crippen LogP contribution in [0.2, 0.25) is 0 Å². The van der Waals surface area contributed by atoms with E-state index in [9.17, 15) is 0 Å².